The number of fused-ring (bicyclic) bond motifs is 4. The van der Waals surface area contributed by atoms with E-state index < -0.39 is 0 Å². The molecule has 4 atom stereocenters. The van der Waals surface area contributed by atoms with Gasteiger partial charge in [-0.05, 0) is 55.7 Å². The first-order valence-electron chi connectivity index (χ1n) is 11.6. The molecule has 1 aliphatic carbocycles. The number of carbonyl (C=O) groups excluding carboxylic acids is 2. The first kappa shape index (κ1) is 20.2. The molecule has 2 fully saturated rings. The number of piperidine rings is 1. The van der Waals surface area contributed by atoms with Gasteiger partial charge in [-0.3, -0.25) is 14.4 Å². The van der Waals surface area contributed by atoms with E-state index in [4.69, 9.17) is 0 Å². The van der Waals surface area contributed by atoms with E-state index in [1.807, 2.05) is 28.5 Å². The standard InChI is InChI=1S/C26H30N2O3/c1-17(20-10-8-18(9-11-20)12-21-4-2-6-24(21)29)26(31)27-14-19-13-22(16-27)23-5-3-7-25(30)28(23)15-19/h3,5,7-11,17,19,21-22H,2,4,6,12-16H2,1H3/t17-,19+,21-,22-/m0/s1. The average Bonchev–Trinajstić information content (AvgIpc) is 3.18. The van der Waals surface area contributed by atoms with Crippen LogP contribution in [0.25, 0.3) is 0 Å². The Labute approximate surface area is 183 Å². The van der Waals surface area contributed by atoms with Crippen LogP contribution < -0.4 is 5.56 Å². The number of benzene rings is 1. The zero-order valence-electron chi connectivity index (χ0n) is 18.1. The third-order valence-electron chi connectivity index (χ3n) is 7.55. The van der Waals surface area contributed by atoms with Gasteiger partial charge in [-0.1, -0.05) is 30.3 Å². The lowest BCUT2D eigenvalue weighted by molar-refractivity contribution is -0.135. The Balaban J connectivity index is 1.27. The van der Waals surface area contributed by atoms with E-state index in [1.54, 1.807) is 6.07 Å². The van der Waals surface area contributed by atoms with E-state index in [1.165, 1.54) is 5.56 Å². The fourth-order valence-corrected chi connectivity index (χ4v) is 5.82. The van der Waals surface area contributed by atoms with Gasteiger partial charge in [0.15, 0.2) is 0 Å². The van der Waals surface area contributed by atoms with Crippen LogP contribution in [-0.4, -0.2) is 34.2 Å². The molecular formula is C26H30N2O3. The van der Waals surface area contributed by atoms with E-state index in [-0.39, 0.29) is 29.2 Å². The molecule has 5 heteroatoms. The number of hydrogen-bond donors (Lipinski definition) is 0. The van der Waals surface area contributed by atoms with Gasteiger partial charge in [-0.25, -0.2) is 0 Å². The Morgan fingerprint density at radius 3 is 2.61 bits per heavy atom. The molecule has 0 radical (unpaired) electrons. The molecule has 1 aromatic carbocycles. The number of ketones is 1. The normalized spacial score (nSPS) is 25.9. The smallest absolute Gasteiger partial charge is 0.250 e. The number of hydrogen-bond acceptors (Lipinski definition) is 3. The van der Waals surface area contributed by atoms with Crippen molar-refractivity contribution in [1.82, 2.24) is 9.47 Å². The molecule has 3 aliphatic rings. The minimum Gasteiger partial charge on any atom is -0.341 e. The number of likely N-dealkylation sites (tertiary alicyclic amines) is 1. The van der Waals surface area contributed by atoms with Crippen LogP contribution in [0.1, 0.15) is 61.3 Å². The molecule has 5 nitrogen and oxygen atoms in total. The van der Waals surface area contributed by atoms with E-state index in [0.29, 0.717) is 24.8 Å². The molecule has 2 bridgehead atoms. The Bertz CT molecular complexity index is 1060. The third kappa shape index (κ3) is 3.86. The van der Waals surface area contributed by atoms with Crippen molar-refractivity contribution in [3.05, 3.63) is 69.6 Å². The van der Waals surface area contributed by atoms with Crippen molar-refractivity contribution in [1.29, 1.82) is 0 Å². The van der Waals surface area contributed by atoms with Gasteiger partial charge in [0.2, 0.25) is 5.91 Å². The summed E-state index contributed by atoms with van der Waals surface area (Å²) in [5.74, 6) is 1.12. The number of rotatable bonds is 4. The summed E-state index contributed by atoms with van der Waals surface area (Å²) >= 11 is 0. The highest BCUT2D eigenvalue weighted by Gasteiger charge is 2.37. The zero-order valence-corrected chi connectivity index (χ0v) is 18.1. The van der Waals surface area contributed by atoms with E-state index in [2.05, 4.69) is 24.3 Å². The highest BCUT2D eigenvalue weighted by molar-refractivity contribution is 5.84. The Hall–Kier alpha value is -2.69. The van der Waals surface area contributed by atoms with Gasteiger partial charge < -0.3 is 9.47 Å². The van der Waals surface area contributed by atoms with Gasteiger partial charge in [-0.15, -0.1) is 0 Å². The lowest BCUT2D eigenvalue weighted by Crippen LogP contribution is -2.50. The van der Waals surface area contributed by atoms with Crippen LogP contribution in [0.4, 0.5) is 0 Å². The van der Waals surface area contributed by atoms with E-state index >= 15 is 0 Å². The first-order chi connectivity index (χ1) is 15.0. The number of pyridine rings is 1. The van der Waals surface area contributed by atoms with Crippen molar-refractivity contribution in [3.8, 4) is 0 Å². The predicted octanol–water partition coefficient (Wildman–Crippen LogP) is 3.51. The van der Waals surface area contributed by atoms with Crippen LogP contribution in [0.15, 0.2) is 47.3 Å². The van der Waals surface area contributed by atoms with E-state index in [9.17, 15) is 14.4 Å². The van der Waals surface area contributed by atoms with Crippen molar-refractivity contribution < 1.29 is 9.59 Å². The lowest BCUT2D eigenvalue weighted by atomic mass is 9.82. The fraction of sp³-hybridized carbons (Fsp3) is 0.500. The monoisotopic (exact) mass is 418 g/mol. The van der Waals surface area contributed by atoms with Crippen LogP contribution in [0.2, 0.25) is 0 Å². The molecule has 1 saturated heterocycles. The first-order valence-corrected chi connectivity index (χ1v) is 11.6. The van der Waals surface area contributed by atoms with Crippen molar-refractivity contribution in [2.45, 2.75) is 57.4 Å². The number of Topliss-reactive ketones (excluding diaryl/α,β-unsaturated/α-hetero) is 1. The maximum atomic E-state index is 13.3. The van der Waals surface area contributed by atoms with Gasteiger partial charge in [0, 0.05) is 49.7 Å². The third-order valence-corrected chi connectivity index (χ3v) is 7.55. The molecule has 0 N–H and O–H groups in total. The molecule has 2 aliphatic heterocycles. The minimum absolute atomic E-state index is 0.0692. The fourth-order valence-electron chi connectivity index (χ4n) is 5.82. The summed E-state index contributed by atoms with van der Waals surface area (Å²) in [6, 6.07) is 13.8. The highest BCUT2D eigenvalue weighted by atomic mass is 16.2. The summed E-state index contributed by atoms with van der Waals surface area (Å²) < 4.78 is 1.90. The molecule has 0 unspecified atom stereocenters. The SMILES string of the molecule is C[C@H](C(=O)N1C[C@H]2C[C@@H](C1)c1cccc(=O)n1C2)c1ccc(C[C@@H]2CCCC2=O)cc1. The van der Waals surface area contributed by atoms with Crippen LogP contribution in [0, 0.1) is 11.8 Å². The van der Waals surface area contributed by atoms with Crippen LogP contribution in [0.5, 0.6) is 0 Å². The summed E-state index contributed by atoms with van der Waals surface area (Å²) in [4.78, 5) is 39.5. The van der Waals surface area contributed by atoms with E-state index in [0.717, 1.165) is 49.9 Å². The van der Waals surface area contributed by atoms with Gasteiger partial charge in [0.25, 0.3) is 5.56 Å². The topological polar surface area (TPSA) is 59.4 Å². The maximum Gasteiger partial charge on any atom is 0.250 e. The molecule has 162 valence electrons. The number of amides is 1. The van der Waals surface area contributed by atoms with Crippen LogP contribution in [0.3, 0.4) is 0 Å². The molecular weight excluding hydrogens is 388 g/mol. The largest absolute Gasteiger partial charge is 0.341 e. The number of nitrogens with zero attached hydrogens (tertiary/aromatic N) is 2. The quantitative estimate of drug-likeness (QED) is 0.764. The number of aromatic nitrogens is 1. The average molecular weight is 419 g/mol. The van der Waals surface area contributed by atoms with Crippen molar-refractivity contribution in [2.75, 3.05) is 13.1 Å². The molecule has 5 rings (SSSR count). The maximum absolute atomic E-state index is 13.3. The second-order valence-electron chi connectivity index (χ2n) is 9.66. The summed E-state index contributed by atoms with van der Waals surface area (Å²) in [5, 5.41) is 0. The molecule has 1 saturated carbocycles. The second kappa shape index (κ2) is 8.10. The predicted molar refractivity (Wildman–Crippen MR) is 119 cm³/mol. The molecule has 2 aromatic rings. The zero-order chi connectivity index (χ0) is 21.5. The second-order valence-corrected chi connectivity index (χ2v) is 9.66. The Kier molecular flexibility index (Phi) is 5.28. The van der Waals surface area contributed by atoms with Gasteiger partial charge in [-0.2, -0.15) is 0 Å². The summed E-state index contributed by atoms with van der Waals surface area (Å²) in [6.45, 7) is 4.10. The highest BCUT2D eigenvalue weighted by Crippen LogP contribution is 2.36. The summed E-state index contributed by atoms with van der Waals surface area (Å²) in [6.07, 6.45) is 4.61. The summed E-state index contributed by atoms with van der Waals surface area (Å²) in [5.41, 5.74) is 3.34. The Morgan fingerprint density at radius 1 is 1.06 bits per heavy atom. The van der Waals surface area contributed by atoms with Crippen molar-refractivity contribution in [3.63, 3.8) is 0 Å². The van der Waals surface area contributed by atoms with Gasteiger partial charge in [0.05, 0.1) is 5.92 Å². The minimum atomic E-state index is -0.195. The molecule has 0 spiro atoms. The summed E-state index contributed by atoms with van der Waals surface area (Å²) in [7, 11) is 0. The molecule has 1 aromatic heterocycles. The Morgan fingerprint density at radius 2 is 1.87 bits per heavy atom. The van der Waals surface area contributed by atoms with Crippen molar-refractivity contribution >= 4 is 11.7 Å². The van der Waals surface area contributed by atoms with Crippen LogP contribution in [-0.2, 0) is 22.6 Å². The van der Waals surface area contributed by atoms with Gasteiger partial charge in [0.1, 0.15) is 5.78 Å². The van der Waals surface area contributed by atoms with Crippen molar-refractivity contribution in [2.24, 2.45) is 11.8 Å². The molecule has 3 heterocycles. The van der Waals surface area contributed by atoms with Crippen LogP contribution >= 0.6 is 0 Å². The van der Waals surface area contributed by atoms with Gasteiger partial charge >= 0.3 is 0 Å². The number of carbonyl (C=O) groups is 2. The molecule has 1 amide bonds. The lowest BCUT2D eigenvalue weighted by Gasteiger charge is -2.43. The molecule has 31 heavy (non-hydrogen) atoms.